The molecule has 0 spiro atoms. The van der Waals surface area contributed by atoms with E-state index in [0.717, 1.165) is 19.4 Å². The molecular weight excluding hydrogens is 262 g/mol. The first-order chi connectivity index (χ1) is 9.65. The van der Waals surface area contributed by atoms with Gasteiger partial charge >= 0.3 is 5.97 Å². The van der Waals surface area contributed by atoms with Gasteiger partial charge in [0.2, 0.25) is 0 Å². The molecule has 0 bridgehead atoms. The van der Waals surface area contributed by atoms with Crippen molar-refractivity contribution in [2.75, 3.05) is 6.61 Å². The SMILES string of the molecule is Cn1cc(-c2c(C(=O)O)nnn2CC2CCCO2)cn1. The number of aromatic nitrogens is 5. The monoisotopic (exact) mass is 277 g/mol. The summed E-state index contributed by atoms with van der Waals surface area (Å²) in [4.78, 5) is 11.3. The smallest absolute Gasteiger partial charge is 0.358 e. The van der Waals surface area contributed by atoms with E-state index in [2.05, 4.69) is 15.4 Å². The fourth-order valence-electron chi connectivity index (χ4n) is 2.40. The van der Waals surface area contributed by atoms with Crippen molar-refractivity contribution in [3.05, 3.63) is 18.1 Å². The molecule has 106 valence electrons. The second kappa shape index (κ2) is 5.04. The van der Waals surface area contributed by atoms with E-state index in [4.69, 9.17) is 4.74 Å². The van der Waals surface area contributed by atoms with E-state index >= 15 is 0 Å². The summed E-state index contributed by atoms with van der Waals surface area (Å²) in [5.74, 6) is -1.09. The third-order valence-corrected chi connectivity index (χ3v) is 3.32. The molecular formula is C12H15N5O3. The summed E-state index contributed by atoms with van der Waals surface area (Å²) in [6, 6.07) is 0. The standard InChI is InChI=1S/C12H15N5O3/c1-16-6-8(5-13-16)11-10(12(18)19)14-15-17(11)7-9-3-2-4-20-9/h5-6,9H,2-4,7H2,1H3,(H,18,19). The lowest BCUT2D eigenvalue weighted by Gasteiger charge is -2.10. The number of aromatic carboxylic acids is 1. The predicted octanol–water partition coefficient (Wildman–Crippen LogP) is 0.556. The number of rotatable bonds is 4. The molecule has 2 aromatic rings. The number of hydrogen-bond donors (Lipinski definition) is 1. The van der Waals surface area contributed by atoms with Gasteiger partial charge in [0.15, 0.2) is 5.69 Å². The van der Waals surface area contributed by atoms with Gasteiger partial charge in [0.25, 0.3) is 0 Å². The maximum absolute atomic E-state index is 11.3. The lowest BCUT2D eigenvalue weighted by molar-refractivity contribution is 0.0691. The quantitative estimate of drug-likeness (QED) is 0.877. The number of nitrogens with zero attached hydrogens (tertiary/aromatic N) is 5. The van der Waals surface area contributed by atoms with Crippen LogP contribution in [0.2, 0.25) is 0 Å². The number of carbonyl (C=O) groups is 1. The largest absolute Gasteiger partial charge is 0.476 e. The van der Waals surface area contributed by atoms with Gasteiger partial charge in [-0.3, -0.25) is 4.68 Å². The minimum atomic E-state index is -1.09. The van der Waals surface area contributed by atoms with Gasteiger partial charge in [0.1, 0.15) is 5.69 Å². The fourth-order valence-corrected chi connectivity index (χ4v) is 2.40. The number of hydrogen-bond acceptors (Lipinski definition) is 5. The summed E-state index contributed by atoms with van der Waals surface area (Å²) in [6.07, 6.45) is 5.39. The highest BCUT2D eigenvalue weighted by Crippen LogP contribution is 2.23. The van der Waals surface area contributed by atoms with E-state index in [9.17, 15) is 9.90 Å². The molecule has 1 fully saturated rings. The molecule has 1 unspecified atom stereocenters. The highest BCUT2D eigenvalue weighted by molar-refractivity contribution is 5.92. The molecule has 8 nitrogen and oxygen atoms in total. The van der Waals surface area contributed by atoms with Crippen LogP contribution >= 0.6 is 0 Å². The number of ether oxygens (including phenoxy) is 1. The molecule has 20 heavy (non-hydrogen) atoms. The van der Waals surface area contributed by atoms with Gasteiger partial charge in [-0.1, -0.05) is 5.21 Å². The summed E-state index contributed by atoms with van der Waals surface area (Å²) < 4.78 is 8.77. The van der Waals surface area contributed by atoms with Crippen LogP contribution in [0.25, 0.3) is 11.3 Å². The maximum Gasteiger partial charge on any atom is 0.358 e. The molecule has 0 saturated carbocycles. The molecule has 3 rings (SSSR count). The fraction of sp³-hybridized carbons (Fsp3) is 0.500. The van der Waals surface area contributed by atoms with Crippen molar-refractivity contribution < 1.29 is 14.6 Å². The van der Waals surface area contributed by atoms with Gasteiger partial charge in [-0.25, -0.2) is 9.48 Å². The normalized spacial score (nSPS) is 18.6. The third kappa shape index (κ3) is 2.29. The molecule has 8 heteroatoms. The van der Waals surface area contributed by atoms with Crippen LogP contribution in [-0.2, 0) is 18.3 Å². The molecule has 1 aliphatic heterocycles. The van der Waals surface area contributed by atoms with E-state index in [1.165, 1.54) is 0 Å². The molecule has 1 atom stereocenters. The Labute approximate surface area is 115 Å². The van der Waals surface area contributed by atoms with Crippen LogP contribution in [0, 0.1) is 0 Å². The minimum absolute atomic E-state index is 0.0593. The zero-order chi connectivity index (χ0) is 14.1. The summed E-state index contributed by atoms with van der Waals surface area (Å²) in [7, 11) is 1.78. The third-order valence-electron chi connectivity index (χ3n) is 3.32. The Kier molecular flexibility index (Phi) is 3.23. The molecule has 0 aromatic carbocycles. The van der Waals surface area contributed by atoms with Crippen molar-refractivity contribution in [2.24, 2.45) is 7.05 Å². The van der Waals surface area contributed by atoms with Crippen LogP contribution in [0.15, 0.2) is 12.4 Å². The molecule has 0 radical (unpaired) electrons. The second-order valence-corrected chi connectivity index (χ2v) is 4.81. The van der Waals surface area contributed by atoms with Crippen molar-refractivity contribution in [3.63, 3.8) is 0 Å². The van der Waals surface area contributed by atoms with Gasteiger partial charge < -0.3 is 9.84 Å². The average molecular weight is 277 g/mol. The van der Waals surface area contributed by atoms with Crippen molar-refractivity contribution in [2.45, 2.75) is 25.5 Å². The van der Waals surface area contributed by atoms with Crippen LogP contribution in [0.5, 0.6) is 0 Å². The molecule has 0 aliphatic carbocycles. The first-order valence-electron chi connectivity index (χ1n) is 6.42. The van der Waals surface area contributed by atoms with Crippen molar-refractivity contribution in [1.29, 1.82) is 0 Å². The highest BCUT2D eigenvalue weighted by Gasteiger charge is 2.24. The Morgan fingerprint density at radius 3 is 3.05 bits per heavy atom. The van der Waals surface area contributed by atoms with Gasteiger partial charge in [-0.05, 0) is 12.8 Å². The zero-order valence-electron chi connectivity index (χ0n) is 11.1. The summed E-state index contributed by atoms with van der Waals surface area (Å²) >= 11 is 0. The maximum atomic E-state index is 11.3. The number of carboxylic acid groups (broad SMARTS) is 1. The van der Waals surface area contributed by atoms with Crippen LogP contribution < -0.4 is 0 Å². The highest BCUT2D eigenvalue weighted by atomic mass is 16.5. The Morgan fingerprint density at radius 2 is 2.45 bits per heavy atom. The molecule has 2 aromatic heterocycles. The predicted molar refractivity (Wildman–Crippen MR) is 68.2 cm³/mol. The lowest BCUT2D eigenvalue weighted by atomic mass is 10.2. The van der Waals surface area contributed by atoms with Gasteiger partial charge in [-0.15, -0.1) is 5.10 Å². The molecule has 1 saturated heterocycles. The van der Waals surface area contributed by atoms with Gasteiger partial charge in [0, 0.05) is 25.4 Å². The van der Waals surface area contributed by atoms with Gasteiger partial charge in [-0.2, -0.15) is 5.10 Å². The first kappa shape index (κ1) is 12.8. The molecule has 1 N–H and O–H groups in total. The minimum Gasteiger partial charge on any atom is -0.476 e. The number of carboxylic acids is 1. The van der Waals surface area contributed by atoms with Crippen molar-refractivity contribution in [1.82, 2.24) is 24.8 Å². The van der Waals surface area contributed by atoms with Crippen LogP contribution in [0.1, 0.15) is 23.3 Å². The molecule has 0 amide bonds. The Morgan fingerprint density at radius 1 is 1.60 bits per heavy atom. The van der Waals surface area contributed by atoms with Crippen molar-refractivity contribution in [3.8, 4) is 11.3 Å². The van der Waals surface area contributed by atoms with E-state index in [-0.39, 0.29) is 11.8 Å². The Balaban J connectivity index is 1.99. The topological polar surface area (TPSA) is 95.1 Å². The number of aryl methyl sites for hydroxylation is 1. The molecule has 3 heterocycles. The Bertz CT molecular complexity index is 627. The lowest BCUT2D eigenvalue weighted by Crippen LogP contribution is -2.17. The van der Waals surface area contributed by atoms with E-state index in [1.807, 2.05) is 0 Å². The average Bonchev–Trinajstić information content (AvgIpc) is 3.09. The summed E-state index contributed by atoms with van der Waals surface area (Å²) in [5, 5.41) is 21.0. The first-order valence-corrected chi connectivity index (χ1v) is 6.42. The van der Waals surface area contributed by atoms with Crippen LogP contribution in [0.3, 0.4) is 0 Å². The van der Waals surface area contributed by atoms with E-state index in [1.54, 1.807) is 28.8 Å². The van der Waals surface area contributed by atoms with Gasteiger partial charge in [0.05, 0.1) is 18.8 Å². The van der Waals surface area contributed by atoms with E-state index < -0.39 is 5.97 Å². The second-order valence-electron chi connectivity index (χ2n) is 4.81. The van der Waals surface area contributed by atoms with Crippen molar-refractivity contribution >= 4 is 5.97 Å². The Hall–Kier alpha value is -2.22. The molecule has 1 aliphatic rings. The summed E-state index contributed by atoms with van der Waals surface area (Å²) in [5.41, 5.74) is 1.10. The van der Waals surface area contributed by atoms with Crippen LogP contribution in [0.4, 0.5) is 0 Å². The zero-order valence-corrected chi connectivity index (χ0v) is 11.1. The summed E-state index contributed by atoms with van der Waals surface area (Å²) in [6.45, 7) is 1.25. The van der Waals surface area contributed by atoms with Crippen LogP contribution in [-0.4, -0.2) is 48.6 Å². The van der Waals surface area contributed by atoms with E-state index in [0.29, 0.717) is 17.8 Å².